The lowest BCUT2D eigenvalue weighted by Gasteiger charge is -2.07. The summed E-state index contributed by atoms with van der Waals surface area (Å²) in [5.41, 5.74) is 0.781. The van der Waals surface area contributed by atoms with Crippen LogP contribution in [0.2, 0.25) is 5.02 Å². The van der Waals surface area contributed by atoms with Crippen molar-refractivity contribution in [1.82, 2.24) is 4.98 Å². The van der Waals surface area contributed by atoms with Gasteiger partial charge in [-0.3, -0.25) is 0 Å². The highest BCUT2D eigenvalue weighted by molar-refractivity contribution is 6.30. The number of halogens is 1. The van der Waals surface area contributed by atoms with Gasteiger partial charge in [-0.15, -0.1) is 0 Å². The van der Waals surface area contributed by atoms with Crippen LogP contribution in [0, 0.1) is 0 Å². The number of pyridine rings is 1. The van der Waals surface area contributed by atoms with Crippen molar-refractivity contribution >= 4 is 28.5 Å². The molecule has 0 aliphatic heterocycles. The minimum atomic E-state index is -0.981. The SMILES string of the molecule is O=C(O)c1cccc2nc(Oc3cccc(Cl)c3)ccc12. The molecule has 1 heterocycles. The van der Waals surface area contributed by atoms with E-state index in [9.17, 15) is 4.79 Å². The molecule has 0 amide bonds. The van der Waals surface area contributed by atoms with Gasteiger partial charge in [-0.2, -0.15) is 0 Å². The summed E-state index contributed by atoms with van der Waals surface area (Å²) < 4.78 is 5.62. The monoisotopic (exact) mass is 299 g/mol. The average Bonchev–Trinajstić information content (AvgIpc) is 2.46. The molecule has 0 saturated carbocycles. The maximum atomic E-state index is 11.2. The number of nitrogens with zero attached hydrogens (tertiary/aromatic N) is 1. The second kappa shape index (κ2) is 5.42. The molecule has 1 aromatic heterocycles. The first kappa shape index (κ1) is 13.4. The molecule has 0 bridgehead atoms. The Morgan fingerprint density at radius 3 is 2.67 bits per heavy atom. The molecule has 0 fully saturated rings. The van der Waals surface area contributed by atoms with E-state index >= 15 is 0 Å². The molecule has 104 valence electrons. The third-order valence-corrected chi connectivity index (χ3v) is 3.19. The van der Waals surface area contributed by atoms with Crippen LogP contribution in [0.1, 0.15) is 10.4 Å². The van der Waals surface area contributed by atoms with Gasteiger partial charge in [0, 0.05) is 16.5 Å². The molecule has 0 spiro atoms. The van der Waals surface area contributed by atoms with Gasteiger partial charge in [0.25, 0.3) is 0 Å². The van der Waals surface area contributed by atoms with Crippen molar-refractivity contribution < 1.29 is 14.6 Å². The number of hydrogen-bond acceptors (Lipinski definition) is 3. The third kappa shape index (κ3) is 2.80. The molecule has 2 aromatic carbocycles. The topological polar surface area (TPSA) is 59.4 Å². The molecule has 0 aliphatic rings. The number of hydrogen-bond donors (Lipinski definition) is 1. The Hall–Kier alpha value is -2.59. The van der Waals surface area contributed by atoms with Crippen molar-refractivity contribution in [2.75, 3.05) is 0 Å². The normalized spacial score (nSPS) is 10.5. The van der Waals surface area contributed by atoms with Crippen molar-refractivity contribution in [3.8, 4) is 11.6 Å². The average molecular weight is 300 g/mol. The smallest absolute Gasteiger partial charge is 0.336 e. The summed E-state index contributed by atoms with van der Waals surface area (Å²) in [5, 5.41) is 10.3. The summed E-state index contributed by atoms with van der Waals surface area (Å²) in [7, 11) is 0. The molecule has 4 nitrogen and oxygen atoms in total. The fourth-order valence-electron chi connectivity index (χ4n) is 2.03. The van der Waals surface area contributed by atoms with Gasteiger partial charge in [0.1, 0.15) is 5.75 Å². The van der Waals surface area contributed by atoms with Gasteiger partial charge in [-0.1, -0.05) is 23.7 Å². The summed E-state index contributed by atoms with van der Waals surface area (Å²) in [6.07, 6.45) is 0. The Morgan fingerprint density at radius 1 is 1.10 bits per heavy atom. The minimum absolute atomic E-state index is 0.217. The molecule has 3 rings (SSSR count). The predicted molar refractivity (Wildman–Crippen MR) is 80.2 cm³/mol. The molecular formula is C16H10ClNO3. The molecule has 0 atom stereocenters. The van der Waals surface area contributed by atoms with Crippen LogP contribution < -0.4 is 4.74 Å². The number of fused-ring (bicyclic) bond motifs is 1. The summed E-state index contributed by atoms with van der Waals surface area (Å²) in [6.45, 7) is 0. The highest BCUT2D eigenvalue weighted by atomic mass is 35.5. The van der Waals surface area contributed by atoms with Crippen LogP contribution in [-0.2, 0) is 0 Å². The van der Waals surface area contributed by atoms with Crippen LogP contribution in [0.3, 0.4) is 0 Å². The standard InChI is InChI=1S/C16H10ClNO3/c17-10-3-1-4-11(9-10)21-15-8-7-12-13(16(19)20)5-2-6-14(12)18-15/h1-9H,(H,19,20). The van der Waals surface area contributed by atoms with E-state index in [0.717, 1.165) is 0 Å². The molecule has 21 heavy (non-hydrogen) atoms. The number of aromatic carboxylic acids is 1. The summed E-state index contributed by atoms with van der Waals surface area (Å²) in [6, 6.07) is 15.2. The molecule has 5 heteroatoms. The zero-order chi connectivity index (χ0) is 14.8. The summed E-state index contributed by atoms with van der Waals surface area (Å²) >= 11 is 5.90. The highest BCUT2D eigenvalue weighted by Crippen LogP contribution is 2.25. The summed E-state index contributed by atoms with van der Waals surface area (Å²) in [5.74, 6) is -0.0260. The first-order chi connectivity index (χ1) is 10.1. The molecule has 3 aromatic rings. The van der Waals surface area contributed by atoms with E-state index in [0.29, 0.717) is 27.6 Å². The zero-order valence-corrected chi connectivity index (χ0v) is 11.5. The van der Waals surface area contributed by atoms with Gasteiger partial charge < -0.3 is 9.84 Å². The lowest BCUT2D eigenvalue weighted by molar-refractivity contribution is 0.0699. The summed E-state index contributed by atoms with van der Waals surface area (Å²) in [4.78, 5) is 15.5. The van der Waals surface area contributed by atoms with E-state index < -0.39 is 5.97 Å². The van der Waals surface area contributed by atoms with Gasteiger partial charge in [-0.05, 0) is 36.4 Å². The Labute approximate surface area is 125 Å². The largest absolute Gasteiger partial charge is 0.478 e. The minimum Gasteiger partial charge on any atom is -0.478 e. The van der Waals surface area contributed by atoms with Crippen molar-refractivity contribution in [3.63, 3.8) is 0 Å². The molecule has 0 saturated heterocycles. The van der Waals surface area contributed by atoms with E-state index in [4.69, 9.17) is 21.4 Å². The Bertz CT molecular complexity index is 833. The van der Waals surface area contributed by atoms with E-state index in [1.165, 1.54) is 0 Å². The maximum absolute atomic E-state index is 11.2. The van der Waals surface area contributed by atoms with Gasteiger partial charge in [-0.25, -0.2) is 9.78 Å². The van der Waals surface area contributed by atoms with Crippen molar-refractivity contribution in [2.45, 2.75) is 0 Å². The van der Waals surface area contributed by atoms with E-state index in [1.54, 1.807) is 54.6 Å². The van der Waals surface area contributed by atoms with Crippen LogP contribution in [0.4, 0.5) is 0 Å². The van der Waals surface area contributed by atoms with Gasteiger partial charge in [0.2, 0.25) is 5.88 Å². The van der Waals surface area contributed by atoms with E-state index in [2.05, 4.69) is 4.98 Å². The quantitative estimate of drug-likeness (QED) is 0.779. The predicted octanol–water partition coefficient (Wildman–Crippen LogP) is 4.38. The molecule has 0 radical (unpaired) electrons. The first-order valence-electron chi connectivity index (χ1n) is 6.20. The Kier molecular flexibility index (Phi) is 3.46. The number of benzene rings is 2. The number of carboxylic acid groups (broad SMARTS) is 1. The van der Waals surface area contributed by atoms with Crippen LogP contribution in [0.5, 0.6) is 11.6 Å². The molecule has 0 aliphatic carbocycles. The maximum Gasteiger partial charge on any atom is 0.336 e. The van der Waals surface area contributed by atoms with Crippen molar-refractivity contribution in [2.24, 2.45) is 0 Å². The van der Waals surface area contributed by atoms with Crippen LogP contribution in [0.25, 0.3) is 10.9 Å². The number of carboxylic acids is 1. The fourth-order valence-corrected chi connectivity index (χ4v) is 2.21. The second-order valence-electron chi connectivity index (χ2n) is 4.39. The van der Waals surface area contributed by atoms with Gasteiger partial charge in [0.15, 0.2) is 0 Å². The lowest BCUT2D eigenvalue weighted by Crippen LogP contribution is -1.98. The molecule has 0 unspecified atom stereocenters. The number of aromatic nitrogens is 1. The highest BCUT2D eigenvalue weighted by Gasteiger charge is 2.09. The van der Waals surface area contributed by atoms with E-state index in [-0.39, 0.29) is 5.56 Å². The van der Waals surface area contributed by atoms with Crippen LogP contribution in [0.15, 0.2) is 54.6 Å². The third-order valence-electron chi connectivity index (χ3n) is 2.96. The van der Waals surface area contributed by atoms with Gasteiger partial charge >= 0.3 is 5.97 Å². The Balaban J connectivity index is 2.00. The Morgan fingerprint density at radius 2 is 1.90 bits per heavy atom. The first-order valence-corrected chi connectivity index (χ1v) is 6.58. The molecule has 1 N–H and O–H groups in total. The van der Waals surface area contributed by atoms with Crippen LogP contribution in [-0.4, -0.2) is 16.1 Å². The fraction of sp³-hybridized carbons (Fsp3) is 0. The second-order valence-corrected chi connectivity index (χ2v) is 4.82. The number of carbonyl (C=O) groups is 1. The zero-order valence-electron chi connectivity index (χ0n) is 10.8. The van der Waals surface area contributed by atoms with Gasteiger partial charge in [0.05, 0.1) is 11.1 Å². The van der Waals surface area contributed by atoms with E-state index in [1.807, 2.05) is 0 Å². The van der Waals surface area contributed by atoms with Crippen molar-refractivity contribution in [3.05, 3.63) is 65.2 Å². The van der Waals surface area contributed by atoms with Crippen LogP contribution >= 0.6 is 11.6 Å². The lowest BCUT2D eigenvalue weighted by atomic mass is 10.1. The number of ether oxygens (including phenoxy) is 1. The number of rotatable bonds is 3. The molecular weight excluding hydrogens is 290 g/mol. The van der Waals surface area contributed by atoms with Crippen molar-refractivity contribution in [1.29, 1.82) is 0 Å².